The number of ether oxygens (including phenoxy) is 2. The van der Waals surface area contributed by atoms with Crippen LogP contribution in [0.25, 0.3) is 0 Å². The van der Waals surface area contributed by atoms with Gasteiger partial charge in [-0.15, -0.1) is 0 Å². The molecule has 0 radical (unpaired) electrons. The van der Waals surface area contributed by atoms with Gasteiger partial charge in [0.15, 0.2) is 0 Å². The molecule has 0 aliphatic carbocycles. The van der Waals surface area contributed by atoms with E-state index in [4.69, 9.17) is 9.47 Å². The number of rotatable bonds is 7. The number of benzene rings is 2. The predicted octanol–water partition coefficient (Wildman–Crippen LogP) is 2.68. The number of anilines is 1. The van der Waals surface area contributed by atoms with Gasteiger partial charge in [0.05, 0.1) is 29.9 Å². The Morgan fingerprint density at radius 3 is 2.32 bits per heavy atom. The molecule has 0 unspecified atom stereocenters. The molecule has 9 heteroatoms. The smallest absolute Gasteiger partial charge is 0.338 e. The van der Waals surface area contributed by atoms with Crippen LogP contribution in [-0.4, -0.2) is 40.6 Å². The molecule has 2 aromatic rings. The molecule has 0 aliphatic rings. The first kappa shape index (κ1) is 21.4. The second kappa shape index (κ2) is 8.83. The summed E-state index contributed by atoms with van der Waals surface area (Å²) in [5, 5.41) is 0. The lowest BCUT2D eigenvalue weighted by molar-refractivity contribution is -0.141. The van der Waals surface area contributed by atoms with E-state index in [0.29, 0.717) is 5.56 Å². The fraction of sp³-hybridized carbons (Fsp3) is 0.263. The largest absolute Gasteiger partial charge is 0.465 e. The maximum atomic E-state index is 13.2. The highest BCUT2D eigenvalue weighted by Crippen LogP contribution is 2.29. The molecule has 0 saturated carbocycles. The molecule has 7 nitrogen and oxygen atoms in total. The zero-order chi connectivity index (χ0) is 20.9. The van der Waals surface area contributed by atoms with E-state index in [1.165, 1.54) is 25.3 Å². The van der Waals surface area contributed by atoms with E-state index in [1.807, 2.05) is 0 Å². The Morgan fingerprint density at radius 2 is 1.75 bits per heavy atom. The Balaban J connectivity index is 2.62. The van der Waals surface area contributed by atoms with Gasteiger partial charge in [-0.05, 0) is 55.8 Å². The van der Waals surface area contributed by atoms with Crippen molar-refractivity contribution in [3.8, 4) is 0 Å². The maximum Gasteiger partial charge on any atom is 0.338 e. The van der Waals surface area contributed by atoms with E-state index in [0.717, 1.165) is 28.6 Å². The lowest BCUT2D eigenvalue weighted by Gasteiger charge is -2.26. The van der Waals surface area contributed by atoms with Gasteiger partial charge in [-0.2, -0.15) is 0 Å². The van der Waals surface area contributed by atoms with Crippen LogP contribution in [0.3, 0.4) is 0 Å². The molecule has 0 bridgehead atoms. The highest BCUT2D eigenvalue weighted by Gasteiger charge is 2.30. The Kier molecular flexibility index (Phi) is 6.74. The molecule has 0 atom stereocenters. The lowest BCUT2D eigenvalue weighted by Crippen LogP contribution is -2.37. The van der Waals surface area contributed by atoms with Crippen LogP contribution in [0.15, 0.2) is 47.4 Å². The van der Waals surface area contributed by atoms with Crippen molar-refractivity contribution in [1.82, 2.24) is 0 Å². The SMILES string of the molecule is CCOC(=O)CN(c1cccc(C(=O)OC)c1C)S(=O)(=O)c1ccc(F)cc1. The summed E-state index contributed by atoms with van der Waals surface area (Å²) in [5.41, 5.74) is 0.577. The highest BCUT2D eigenvalue weighted by molar-refractivity contribution is 7.92. The van der Waals surface area contributed by atoms with E-state index < -0.39 is 34.3 Å². The Labute approximate surface area is 162 Å². The first-order valence-electron chi connectivity index (χ1n) is 8.34. The summed E-state index contributed by atoms with van der Waals surface area (Å²) in [5.74, 6) is -2.01. The molecule has 0 saturated heterocycles. The van der Waals surface area contributed by atoms with E-state index in [-0.39, 0.29) is 22.8 Å². The van der Waals surface area contributed by atoms with Crippen molar-refractivity contribution in [3.05, 3.63) is 59.4 Å². The number of hydrogen-bond donors (Lipinski definition) is 0. The second-order valence-corrected chi connectivity index (χ2v) is 7.57. The summed E-state index contributed by atoms with van der Waals surface area (Å²) in [4.78, 5) is 23.8. The molecule has 2 rings (SSSR count). The zero-order valence-electron chi connectivity index (χ0n) is 15.6. The maximum absolute atomic E-state index is 13.2. The van der Waals surface area contributed by atoms with Crippen LogP contribution in [0.2, 0.25) is 0 Å². The van der Waals surface area contributed by atoms with Crippen molar-refractivity contribution in [2.75, 3.05) is 24.6 Å². The third kappa shape index (κ3) is 4.48. The summed E-state index contributed by atoms with van der Waals surface area (Å²) in [6.45, 7) is 2.60. The summed E-state index contributed by atoms with van der Waals surface area (Å²) < 4.78 is 50.0. The zero-order valence-corrected chi connectivity index (χ0v) is 16.5. The van der Waals surface area contributed by atoms with Crippen LogP contribution in [-0.2, 0) is 24.3 Å². The van der Waals surface area contributed by atoms with E-state index in [1.54, 1.807) is 13.8 Å². The number of sulfonamides is 1. The summed E-state index contributed by atoms with van der Waals surface area (Å²) in [6, 6.07) is 8.64. The molecule has 0 aliphatic heterocycles. The number of esters is 2. The van der Waals surface area contributed by atoms with Crippen LogP contribution in [0.4, 0.5) is 10.1 Å². The topological polar surface area (TPSA) is 90.0 Å². The van der Waals surface area contributed by atoms with Crippen LogP contribution < -0.4 is 4.31 Å². The lowest BCUT2D eigenvalue weighted by atomic mass is 10.1. The minimum Gasteiger partial charge on any atom is -0.465 e. The predicted molar refractivity (Wildman–Crippen MR) is 100 cm³/mol. The van der Waals surface area contributed by atoms with Gasteiger partial charge in [0.1, 0.15) is 12.4 Å². The van der Waals surface area contributed by atoms with Gasteiger partial charge in [-0.1, -0.05) is 6.07 Å². The molecule has 150 valence electrons. The summed E-state index contributed by atoms with van der Waals surface area (Å²) >= 11 is 0. The van der Waals surface area contributed by atoms with Crippen LogP contribution >= 0.6 is 0 Å². The van der Waals surface area contributed by atoms with Gasteiger partial charge in [0, 0.05) is 0 Å². The molecule has 2 aromatic carbocycles. The average Bonchev–Trinajstić information content (AvgIpc) is 2.66. The quantitative estimate of drug-likeness (QED) is 0.653. The second-order valence-electron chi connectivity index (χ2n) is 5.71. The molecule has 0 spiro atoms. The minimum absolute atomic E-state index is 0.0739. The number of carbonyl (C=O) groups is 2. The molecule has 28 heavy (non-hydrogen) atoms. The van der Waals surface area contributed by atoms with E-state index >= 15 is 0 Å². The van der Waals surface area contributed by atoms with Crippen LogP contribution in [0.5, 0.6) is 0 Å². The van der Waals surface area contributed by atoms with Gasteiger partial charge in [0.25, 0.3) is 10.0 Å². The average molecular weight is 409 g/mol. The molecule has 0 aromatic heterocycles. The fourth-order valence-corrected chi connectivity index (χ4v) is 4.05. The molecular formula is C19H20FNO6S. The van der Waals surface area contributed by atoms with Crippen molar-refractivity contribution in [2.24, 2.45) is 0 Å². The Hall–Kier alpha value is -2.94. The number of hydrogen-bond acceptors (Lipinski definition) is 6. The van der Waals surface area contributed by atoms with Crippen molar-refractivity contribution in [3.63, 3.8) is 0 Å². The standard InChI is InChI=1S/C19H20FNO6S/c1-4-27-18(22)12-21(28(24,25)15-10-8-14(20)9-11-15)17-7-5-6-16(13(17)2)19(23)26-3/h5-11H,4,12H2,1-3H3. The van der Waals surface area contributed by atoms with Gasteiger partial charge in [-0.25, -0.2) is 17.6 Å². The fourth-order valence-electron chi connectivity index (χ4n) is 2.58. The van der Waals surface area contributed by atoms with E-state index in [9.17, 15) is 22.4 Å². The van der Waals surface area contributed by atoms with Crippen LogP contribution in [0, 0.1) is 12.7 Å². The van der Waals surface area contributed by atoms with Crippen molar-refractivity contribution >= 4 is 27.6 Å². The van der Waals surface area contributed by atoms with Gasteiger partial charge in [-0.3, -0.25) is 9.10 Å². The normalized spacial score (nSPS) is 11.0. The number of halogens is 1. The third-order valence-corrected chi connectivity index (χ3v) is 5.73. The van der Waals surface area contributed by atoms with Crippen molar-refractivity contribution in [2.45, 2.75) is 18.7 Å². The molecule has 0 amide bonds. The molecule has 0 heterocycles. The third-order valence-electron chi connectivity index (χ3n) is 3.96. The van der Waals surface area contributed by atoms with Crippen molar-refractivity contribution in [1.29, 1.82) is 0 Å². The summed E-state index contributed by atoms with van der Waals surface area (Å²) in [7, 11) is -3.03. The molecule has 0 N–H and O–H groups in total. The summed E-state index contributed by atoms with van der Waals surface area (Å²) in [6.07, 6.45) is 0. The number of carbonyl (C=O) groups excluding carboxylic acids is 2. The number of nitrogens with zero attached hydrogens (tertiary/aromatic N) is 1. The highest BCUT2D eigenvalue weighted by atomic mass is 32.2. The van der Waals surface area contributed by atoms with Gasteiger partial charge < -0.3 is 9.47 Å². The minimum atomic E-state index is -4.24. The molecular weight excluding hydrogens is 389 g/mol. The van der Waals surface area contributed by atoms with Crippen molar-refractivity contribution < 1.29 is 31.9 Å². The van der Waals surface area contributed by atoms with Gasteiger partial charge >= 0.3 is 11.9 Å². The first-order valence-corrected chi connectivity index (χ1v) is 9.78. The Morgan fingerprint density at radius 1 is 1.11 bits per heavy atom. The van der Waals surface area contributed by atoms with E-state index in [2.05, 4.69) is 0 Å². The molecule has 0 fully saturated rings. The van der Waals surface area contributed by atoms with Gasteiger partial charge in [0.2, 0.25) is 0 Å². The number of methoxy groups -OCH3 is 1. The first-order chi connectivity index (χ1) is 13.2. The monoisotopic (exact) mass is 409 g/mol. The Bertz CT molecular complexity index is 972. The van der Waals surface area contributed by atoms with Crippen LogP contribution in [0.1, 0.15) is 22.8 Å².